The summed E-state index contributed by atoms with van der Waals surface area (Å²) < 4.78 is 1.16. The van der Waals surface area contributed by atoms with Gasteiger partial charge >= 0.3 is 0 Å². The van der Waals surface area contributed by atoms with Gasteiger partial charge in [-0.2, -0.15) is 0 Å². The molecule has 0 aliphatic carbocycles. The highest BCUT2D eigenvalue weighted by Crippen LogP contribution is 2.27. The van der Waals surface area contributed by atoms with E-state index in [1.807, 2.05) is 11.8 Å². The highest BCUT2D eigenvalue weighted by atomic mass is 79.9. The Hall–Kier alpha value is 0.0500. The Labute approximate surface area is 112 Å². The first kappa shape index (κ1) is 14.1. The number of thioether (sulfide) groups is 1. The molecule has 1 rings (SSSR count). The molecule has 0 bridgehead atoms. The molecule has 90 valence electrons. The first-order valence-electron chi connectivity index (χ1n) is 6.14. The van der Waals surface area contributed by atoms with E-state index in [2.05, 4.69) is 54.0 Å². The monoisotopic (exact) mass is 300 g/mol. The number of hydrogen-bond donors (Lipinski definition) is 0. The zero-order valence-corrected chi connectivity index (χ0v) is 12.6. The summed E-state index contributed by atoms with van der Waals surface area (Å²) in [6.07, 6.45) is 6.81. The van der Waals surface area contributed by atoms with Crippen molar-refractivity contribution in [1.82, 2.24) is 0 Å². The van der Waals surface area contributed by atoms with Crippen molar-refractivity contribution in [3.63, 3.8) is 0 Å². The highest BCUT2D eigenvalue weighted by molar-refractivity contribution is 9.10. The molecule has 0 amide bonds. The minimum Gasteiger partial charge on any atom is -0.123 e. The van der Waals surface area contributed by atoms with Crippen LogP contribution in [0.15, 0.2) is 33.6 Å². The first-order chi connectivity index (χ1) is 7.72. The molecule has 16 heavy (non-hydrogen) atoms. The van der Waals surface area contributed by atoms with Crippen LogP contribution < -0.4 is 0 Å². The second-order valence-corrected chi connectivity index (χ2v) is 6.66. The summed E-state index contributed by atoms with van der Waals surface area (Å²) in [5.41, 5.74) is 0. The second-order valence-electron chi connectivity index (χ2n) is 4.23. The van der Waals surface area contributed by atoms with Crippen LogP contribution in [0.1, 0.15) is 46.0 Å². The maximum absolute atomic E-state index is 3.46. The molecule has 0 saturated heterocycles. The Balaban J connectivity index is 2.23. The van der Waals surface area contributed by atoms with Gasteiger partial charge in [0.2, 0.25) is 0 Å². The van der Waals surface area contributed by atoms with Crippen molar-refractivity contribution in [3.05, 3.63) is 28.7 Å². The van der Waals surface area contributed by atoms with Crippen LogP contribution in [0.5, 0.6) is 0 Å². The lowest BCUT2D eigenvalue weighted by atomic mass is 10.1. The van der Waals surface area contributed by atoms with Crippen molar-refractivity contribution >= 4 is 27.7 Å². The van der Waals surface area contributed by atoms with Crippen LogP contribution in [0.2, 0.25) is 0 Å². The fourth-order valence-corrected chi connectivity index (χ4v) is 2.97. The SMILES string of the molecule is CCCCCCC(C)Sc1ccc(Br)cc1. The molecule has 0 heterocycles. The summed E-state index contributed by atoms with van der Waals surface area (Å²) in [5.74, 6) is 0. The minimum atomic E-state index is 0.734. The predicted molar refractivity (Wildman–Crippen MR) is 78.2 cm³/mol. The predicted octanol–water partition coefficient (Wildman–Crippen LogP) is 5.90. The Morgan fingerprint density at radius 3 is 2.44 bits per heavy atom. The van der Waals surface area contributed by atoms with Crippen LogP contribution in [0.3, 0.4) is 0 Å². The molecule has 0 aliphatic rings. The number of hydrogen-bond acceptors (Lipinski definition) is 1. The molecule has 0 fully saturated rings. The van der Waals surface area contributed by atoms with E-state index in [4.69, 9.17) is 0 Å². The zero-order valence-electron chi connectivity index (χ0n) is 10.2. The maximum atomic E-state index is 3.46. The average Bonchev–Trinajstić information content (AvgIpc) is 2.28. The summed E-state index contributed by atoms with van der Waals surface area (Å²) in [6.45, 7) is 4.60. The van der Waals surface area contributed by atoms with Crippen LogP contribution in [-0.2, 0) is 0 Å². The Kier molecular flexibility index (Phi) is 7.22. The van der Waals surface area contributed by atoms with Crippen molar-refractivity contribution in [2.45, 2.75) is 56.1 Å². The van der Waals surface area contributed by atoms with Crippen molar-refractivity contribution in [2.24, 2.45) is 0 Å². The largest absolute Gasteiger partial charge is 0.123 e. The number of unbranched alkanes of at least 4 members (excludes halogenated alkanes) is 3. The van der Waals surface area contributed by atoms with Gasteiger partial charge in [-0.1, -0.05) is 55.5 Å². The third-order valence-electron chi connectivity index (χ3n) is 2.62. The minimum absolute atomic E-state index is 0.734. The standard InChI is InChI=1S/C14H21BrS/c1-3-4-5-6-7-12(2)16-14-10-8-13(15)9-11-14/h8-12H,3-7H2,1-2H3. The molecule has 1 atom stereocenters. The number of benzene rings is 1. The number of halogens is 1. The molecule has 0 N–H and O–H groups in total. The lowest BCUT2D eigenvalue weighted by Crippen LogP contribution is -1.95. The molecular formula is C14H21BrS. The molecular weight excluding hydrogens is 280 g/mol. The van der Waals surface area contributed by atoms with Gasteiger partial charge in [0.25, 0.3) is 0 Å². The molecule has 0 nitrogen and oxygen atoms in total. The molecule has 0 radical (unpaired) electrons. The fourth-order valence-electron chi connectivity index (χ4n) is 1.66. The van der Waals surface area contributed by atoms with E-state index in [9.17, 15) is 0 Å². The van der Waals surface area contributed by atoms with E-state index < -0.39 is 0 Å². The van der Waals surface area contributed by atoms with E-state index >= 15 is 0 Å². The molecule has 0 spiro atoms. The zero-order chi connectivity index (χ0) is 11.8. The molecule has 1 unspecified atom stereocenters. The van der Waals surface area contributed by atoms with Gasteiger partial charge in [-0.15, -0.1) is 11.8 Å². The Bertz CT molecular complexity index is 281. The van der Waals surface area contributed by atoms with E-state index in [1.54, 1.807) is 0 Å². The van der Waals surface area contributed by atoms with Crippen molar-refractivity contribution in [2.75, 3.05) is 0 Å². The van der Waals surface area contributed by atoms with Crippen molar-refractivity contribution < 1.29 is 0 Å². The Morgan fingerprint density at radius 1 is 1.12 bits per heavy atom. The molecule has 1 aromatic carbocycles. The summed E-state index contributed by atoms with van der Waals surface area (Å²) in [4.78, 5) is 1.38. The quantitative estimate of drug-likeness (QED) is 0.446. The van der Waals surface area contributed by atoms with Gasteiger partial charge in [0.05, 0.1) is 0 Å². The van der Waals surface area contributed by atoms with Gasteiger partial charge in [0, 0.05) is 14.6 Å². The van der Waals surface area contributed by atoms with Crippen LogP contribution >= 0.6 is 27.7 Å². The van der Waals surface area contributed by atoms with Gasteiger partial charge < -0.3 is 0 Å². The summed E-state index contributed by atoms with van der Waals surface area (Å²) in [6, 6.07) is 8.62. The lowest BCUT2D eigenvalue weighted by molar-refractivity contribution is 0.630. The van der Waals surface area contributed by atoms with Crippen LogP contribution in [0, 0.1) is 0 Å². The summed E-state index contributed by atoms with van der Waals surface area (Å²) >= 11 is 5.45. The molecule has 0 aliphatic heterocycles. The smallest absolute Gasteiger partial charge is 0.0176 e. The van der Waals surface area contributed by atoms with Gasteiger partial charge in [-0.3, -0.25) is 0 Å². The van der Waals surface area contributed by atoms with Gasteiger partial charge in [0.1, 0.15) is 0 Å². The number of rotatable bonds is 7. The third kappa shape index (κ3) is 5.95. The highest BCUT2D eigenvalue weighted by Gasteiger charge is 2.03. The second kappa shape index (κ2) is 8.19. The lowest BCUT2D eigenvalue weighted by Gasteiger charge is -2.10. The van der Waals surface area contributed by atoms with Crippen LogP contribution in [0.25, 0.3) is 0 Å². The van der Waals surface area contributed by atoms with Gasteiger partial charge in [0.15, 0.2) is 0 Å². The summed E-state index contributed by atoms with van der Waals surface area (Å²) in [5, 5.41) is 0.734. The average molecular weight is 301 g/mol. The first-order valence-corrected chi connectivity index (χ1v) is 7.82. The van der Waals surface area contributed by atoms with E-state index in [0.29, 0.717) is 0 Å². The Morgan fingerprint density at radius 2 is 1.81 bits per heavy atom. The molecule has 0 saturated carbocycles. The molecule has 2 heteroatoms. The summed E-state index contributed by atoms with van der Waals surface area (Å²) in [7, 11) is 0. The normalized spacial score (nSPS) is 12.7. The van der Waals surface area contributed by atoms with Crippen molar-refractivity contribution in [3.8, 4) is 0 Å². The maximum Gasteiger partial charge on any atom is 0.0176 e. The van der Waals surface area contributed by atoms with Crippen LogP contribution in [-0.4, -0.2) is 5.25 Å². The fraction of sp³-hybridized carbons (Fsp3) is 0.571. The van der Waals surface area contributed by atoms with E-state index in [1.165, 1.54) is 37.0 Å². The van der Waals surface area contributed by atoms with Crippen molar-refractivity contribution in [1.29, 1.82) is 0 Å². The van der Waals surface area contributed by atoms with Gasteiger partial charge in [-0.25, -0.2) is 0 Å². The topological polar surface area (TPSA) is 0 Å². The third-order valence-corrected chi connectivity index (χ3v) is 4.33. The van der Waals surface area contributed by atoms with Gasteiger partial charge in [-0.05, 0) is 30.7 Å². The van der Waals surface area contributed by atoms with E-state index in [0.717, 1.165) is 9.72 Å². The molecule has 1 aromatic rings. The van der Waals surface area contributed by atoms with E-state index in [-0.39, 0.29) is 0 Å². The molecule has 0 aromatic heterocycles. The van der Waals surface area contributed by atoms with Crippen LogP contribution in [0.4, 0.5) is 0 Å².